The molecule has 182 valence electrons. The van der Waals surface area contributed by atoms with E-state index >= 15 is 0 Å². The third-order valence-corrected chi connectivity index (χ3v) is 7.99. The fraction of sp³-hybridized carbons (Fsp3) is 0.240. The van der Waals surface area contributed by atoms with E-state index in [9.17, 15) is 14.7 Å². The number of hydrogen-bond donors (Lipinski definition) is 1. The minimum absolute atomic E-state index is 0.153. The third kappa shape index (κ3) is 4.96. The maximum absolute atomic E-state index is 13.7. The minimum Gasteiger partial charge on any atom is -0.506 e. The number of anilines is 1. The first-order valence-corrected chi connectivity index (χ1v) is 13.5. The molecule has 2 heterocycles. The van der Waals surface area contributed by atoms with E-state index in [0.29, 0.717) is 28.6 Å². The van der Waals surface area contributed by atoms with Gasteiger partial charge in [0.1, 0.15) is 5.75 Å². The summed E-state index contributed by atoms with van der Waals surface area (Å²) in [6.45, 7) is 3.74. The molecule has 2 aromatic carbocycles. The number of carbonyl (C=O) groups is 1. The van der Waals surface area contributed by atoms with E-state index < -0.39 is 12.0 Å². The lowest BCUT2D eigenvalue weighted by Gasteiger charge is -2.25. The highest BCUT2D eigenvalue weighted by molar-refractivity contribution is 14.1. The Kier molecular flexibility index (Phi) is 7.53. The number of aromatic hydroxyl groups is 1. The standard InChI is InChI=1S/C25H23BrIN3O4S/c1-5-34-24(33)20-13(2)28-25-30(21(20)15-6-8-16(9-7-15)29(3)4)23(32)19(35-25)12-14-10-17(26)22(31)18(27)11-14/h6-12,21,31H,5H2,1-4H3/b19-12+/t21-/m0/s1. The molecule has 35 heavy (non-hydrogen) atoms. The first-order chi connectivity index (χ1) is 16.6. The van der Waals surface area contributed by atoms with Crippen LogP contribution in [0.3, 0.4) is 0 Å². The molecule has 0 radical (unpaired) electrons. The van der Waals surface area contributed by atoms with Gasteiger partial charge < -0.3 is 14.7 Å². The van der Waals surface area contributed by atoms with Gasteiger partial charge in [-0.25, -0.2) is 9.79 Å². The molecule has 1 N–H and O–H groups in total. The lowest BCUT2D eigenvalue weighted by molar-refractivity contribution is -0.139. The summed E-state index contributed by atoms with van der Waals surface area (Å²) in [5, 5.41) is 10.1. The van der Waals surface area contributed by atoms with Crippen molar-refractivity contribution in [3.05, 3.63) is 86.5 Å². The van der Waals surface area contributed by atoms with Gasteiger partial charge in [0.05, 0.1) is 36.5 Å². The van der Waals surface area contributed by atoms with Crippen LogP contribution in [-0.2, 0) is 9.53 Å². The van der Waals surface area contributed by atoms with Crippen LogP contribution in [0, 0.1) is 3.57 Å². The number of nitrogens with zero attached hydrogens (tertiary/aromatic N) is 3. The fourth-order valence-corrected chi connectivity index (χ4v) is 6.43. The molecule has 1 aliphatic heterocycles. The second-order valence-electron chi connectivity index (χ2n) is 8.12. The van der Waals surface area contributed by atoms with E-state index in [1.807, 2.05) is 65.9 Å². The molecule has 0 saturated carbocycles. The molecule has 0 unspecified atom stereocenters. The van der Waals surface area contributed by atoms with Crippen LogP contribution in [0.5, 0.6) is 5.75 Å². The molecule has 1 atom stereocenters. The van der Waals surface area contributed by atoms with Gasteiger partial charge in [-0.2, -0.15) is 0 Å². The number of carbonyl (C=O) groups excluding carboxylic acids is 1. The number of halogens is 2. The molecule has 4 rings (SSSR count). The number of esters is 1. The number of fused-ring (bicyclic) bond motifs is 1. The monoisotopic (exact) mass is 667 g/mol. The predicted molar refractivity (Wildman–Crippen MR) is 150 cm³/mol. The van der Waals surface area contributed by atoms with Crippen molar-refractivity contribution in [2.75, 3.05) is 25.6 Å². The number of hydrogen-bond acceptors (Lipinski definition) is 7. The SMILES string of the molecule is CCOC(=O)C1=C(C)N=c2s/c(=C/c3cc(Br)c(O)c(I)c3)c(=O)n2[C@H]1c1ccc(N(C)C)cc1. The zero-order valence-electron chi connectivity index (χ0n) is 19.5. The average molecular weight is 668 g/mol. The first kappa shape index (κ1) is 25.6. The summed E-state index contributed by atoms with van der Waals surface area (Å²) in [5.41, 5.74) is 3.20. The lowest BCUT2D eigenvalue weighted by Crippen LogP contribution is -2.39. The molecule has 3 aromatic rings. The summed E-state index contributed by atoms with van der Waals surface area (Å²) in [5.74, 6) is -0.332. The summed E-state index contributed by atoms with van der Waals surface area (Å²) in [6.07, 6.45) is 1.77. The Morgan fingerprint density at radius 1 is 1.31 bits per heavy atom. The van der Waals surface area contributed by atoms with Crippen molar-refractivity contribution >= 4 is 67.6 Å². The molecule has 0 saturated heterocycles. The topological polar surface area (TPSA) is 84.1 Å². The van der Waals surface area contributed by atoms with Crippen molar-refractivity contribution in [2.45, 2.75) is 19.9 Å². The Bertz CT molecular complexity index is 1500. The van der Waals surface area contributed by atoms with Crippen LogP contribution in [0.4, 0.5) is 5.69 Å². The van der Waals surface area contributed by atoms with E-state index in [2.05, 4.69) is 20.9 Å². The van der Waals surface area contributed by atoms with E-state index in [-0.39, 0.29) is 17.9 Å². The second-order valence-corrected chi connectivity index (χ2v) is 11.1. The highest BCUT2D eigenvalue weighted by atomic mass is 127. The van der Waals surface area contributed by atoms with Gasteiger partial charge in [-0.15, -0.1) is 0 Å². The van der Waals surface area contributed by atoms with E-state index in [1.165, 1.54) is 11.3 Å². The smallest absolute Gasteiger partial charge is 0.338 e. The summed E-state index contributed by atoms with van der Waals surface area (Å²) >= 11 is 6.66. The number of rotatable bonds is 5. The van der Waals surface area contributed by atoms with Crippen molar-refractivity contribution in [1.82, 2.24) is 4.57 Å². The molecule has 0 spiro atoms. The van der Waals surface area contributed by atoms with Crippen molar-refractivity contribution < 1.29 is 14.6 Å². The van der Waals surface area contributed by atoms with Crippen molar-refractivity contribution in [2.24, 2.45) is 4.99 Å². The molecule has 10 heteroatoms. The van der Waals surface area contributed by atoms with Crippen molar-refractivity contribution in [3.63, 3.8) is 0 Å². The Morgan fingerprint density at radius 2 is 2.00 bits per heavy atom. The normalized spacial score (nSPS) is 15.6. The van der Waals surface area contributed by atoms with Gasteiger partial charge >= 0.3 is 5.97 Å². The Morgan fingerprint density at radius 3 is 2.60 bits per heavy atom. The average Bonchev–Trinajstić information content (AvgIpc) is 3.11. The molecule has 0 fully saturated rings. The summed E-state index contributed by atoms with van der Waals surface area (Å²) < 4.78 is 8.60. The molecule has 1 aromatic heterocycles. The molecule has 1 aliphatic rings. The van der Waals surface area contributed by atoms with E-state index in [1.54, 1.807) is 36.6 Å². The van der Waals surface area contributed by atoms with Crippen LogP contribution in [0.1, 0.15) is 31.0 Å². The van der Waals surface area contributed by atoms with Gasteiger partial charge in [-0.05, 0) is 93.8 Å². The number of thiazole rings is 1. The molecule has 7 nitrogen and oxygen atoms in total. The predicted octanol–water partition coefficient (Wildman–Crippen LogP) is 3.94. The number of ether oxygens (including phenoxy) is 1. The van der Waals surface area contributed by atoms with E-state index in [0.717, 1.165) is 16.8 Å². The van der Waals surface area contributed by atoms with Crippen LogP contribution in [0.15, 0.2) is 61.9 Å². The third-order valence-electron chi connectivity index (χ3n) is 5.58. The number of allylic oxidation sites excluding steroid dienone is 1. The molecular formula is C25H23BrIN3O4S. The number of aromatic nitrogens is 1. The zero-order valence-corrected chi connectivity index (χ0v) is 24.1. The van der Waals surface area contributed by atoms with Gasteiger partial charge in [0.15, 0.2) is 4.80 Å². The Balaban J connectivity index is 1.94. The highest BCUT2D eigenvalue weighted by Crippen LogP contribution is 2.32. The van der Waals surface area contributed by atoms with Gasteiger partial charge in [0, 0.05) is 19.8 Å². The lowest BCUT2D eigenvalue weighted by atomic mass is 9.95. The molecule has 0 amide bonds. The van der Waals surface area contributed by atoms with Crippen LogP contribution in [-0.4, -0.2) is 36.3 Å². The van der Waals surface area contributed by atoms with Gasteiger partial charge in [-0.1, -0.05) is 23.5 Å². The maximum atomic E-state index is 13.7. The number of benzene rings is 2. The summed E-state index contributed by atoms with van der Waals surface area (Å²) in [7, 11) is 3.91. The number of phenols is 1. The fourth-order valence-electron chi connectivity index (χ4n) is 3.88. The largest absolute Gasteiger partial charge is 0.506 e. The molecular weight excluding hydrogens is 645 g/mol. The summed E-state index contributed by atoms with van der Waals surface area (Å²) in [4.78, 5) is 33.8. The minimum atomic E-state index is -0.657. The van der Waals surface area contributed by atoms with Gasteiger partial charge in [0.25, 0.3) is 5.56 Å². The zero-order chi connectivity index (χ0) is 25.4. The maximum Gasteiger partial charge on any atom is 0.338 e. The Labute approximate surface area is 228 Å². The van der Waals surface area contributed by atoms with Gasteiger partial charge in [0.2, 0.25) is 0 Å². The quantitative estimate of drug-likeness (QED) is 0.329. The van der Waals surface area contributed by atoms with Crippen molar-refractivity contribution in [1.29, 1.82) is 0 Å². The van der Waals surface area contributed by atoms with E-state index in [4.69, 9.17) is 4.74 Å². The Hall–Kier alpha value is -2.44. The van der Waals surface area contributed by atoms with Crippen molar-refractivity contribution in [3.8, 4) is 5.75 Å². The van der Waals surface area contributed by atoms with Crippen LogP contribution in [0.2, 0.25) is 0 Å². The first-order valence-electron chi connectivity index (χ1n) is 10.8. The molecule has 0 aliphatic carbocycles. The summed E-state index contributed by atoms with van der Waals surface area (Å²) in [6, 6.07) is 10.7. The number of phenolic OH excluding ortho intramolecular Hbond substituents is 1. The van der Waals surface area contributed by atoms with Crippen LogP contribution < -0.4 is 19.8 Å². The highest BCUT2D eigenvalue weighted by Gasteiger charge is 2.33. The molecule has 0 bridgehead atoms. The van der Waals surface area contributed by atoms with Gasteiger partial charge in [-0.3, -0.25) is 9.36 Å². The second kappa shape index (κ2) is 10.3. The van der Waals surface area contributed by atoms with Crippen LogP contribution in [0.25, 0.3) is 6.08 Å². The van der Waals surface area contributed by atoms with Crippen LogP contribution >= 0.6 is 49.9 Å².